The summed E-state index contributed by atoms with van der Waals surface area (Å²) in [5, 5.41) is 13.7. The highest BCUT2D eigenvalue weighted by molar-refractivity contribution is 7.80. The molecule has 0 aliphatic carbocycles. The zero-order chi connectivity index (χ0) is 20.5. The van der Waals surface area contributed by atoms with Gasteiger partial charge < -0.3 is 30.6 Å². The standard InChI is InChI=1S/C19H20N4O4S2/c1-9-18(28)23-19(29-9)13(7-24)22-17(25)16-11(6-20)4-12(21-16)10-2-3-14-15(5-10)27-8-26-14/h2-5,13,21,24,28H,6-8,20H2,1H3,(H,22,25). The minimum atomic E-state index is -0.630. The van der Waals surface area contributed by atoms with Gasteiger partial charge in [0, 0.05) is 22.7 Å². The van der Waals surface area contributed by atoms with E-state index >= 15 is 0 Å². The molecule has 0 radical (unpaired) electrons. The molecule has 1 aliphatic heterocycles. The Morgan fingerprint density at radius 1 is 1.41 bits per heavy atom. The minimum absolute atomic E-state index is 0.185. The number of H-pyrrole nitrogens is 1. The number of aromatic amines is 1. The van der Waals surface area contributed by atoms with Crippen LogP contribution in [0, 0.1) is 6.92 Å². The van der Waals surface area contributed by atoms with Gasteiger partial charge in [-0.3, -0.25) is 4.79 Å². The van der Waals surface area contributed by atoms with Crippen LogP contribution in [0.3, 0.4) is 0 Å². The van der Waals surface area contributed by atoms with Crippen LogP contribution in [-0.4, -0.2) is 34.4 Å². The van der Waals surface area contributed by atoms with Gasteiger partial charge in [-0.25, -0.2) is 4.98 Å². The zero-order valence-electron chi connectivity index (χ0n) is 15.6. The fourth-order valence-corrected chi connectivity index (χ4v) is 4.23. The van der Waals surface area contributed by atoms with Gasteiger partial charge in [0.2, 0.25) is 6.79 Å². The van der Waals surface area contributed by atoms with Crippen molar-refractivity contribution < 1.29 is 19.4 Å². The number of nitrogens with zero attached hydrogens (tertiary/aromatic N) is 1. The van der Waals surface area contributed by atoms with E-state index in [2.05, 4.69) is 27.9 Å². The van der Waals surface area contributed by atoms with Crippen molar-refractivity contribution in [3.63, 3.8) is 0 Å². The molecular weight excluding hydrogens is 412 g/mol. The maximum Gasteiger partial charge on any atom is 0.268 e. The number of amides is 1. The normalized spacial score (nSPS) is 13.5. The van der Waals surface area contributed by atoms with Gasteiger partial charge in [0.25, 0.3) is 5.91 Å². The first-order valence-corrected chi connectivity index (χ1v) is 10.2. The molecule has 1 aromatic carbocycles. The molecule has 5 N–H and O–H groups in total. The molecule has 2 aromatic heterocycles. The Morgan fingerprint density at radius 2 is 2.21 bits per heavy atom. The highest BCUT2D eigenvalue weighted by Gasteiger charge is 2.23. The molecule has 3 aromatic rings. The van der Waals surface area contributed by atoms with E-state index in [9.17, 15) is 9.90 Å². The molecule has 29 heavy (non-hydrogen) atoms. The monoisotopic (exact) mass is 432 g/mol. The van der Waals surface area contributed by atoms with Crippen molar-refractivity contribution >= 4 is 29.9 Å². The smallest absolute Gasteiger partial charge is 0.268 e. The zero-order valence-corrected chi connectivity index (χ0v) is 17.3. The summed E-state index contributed by atoms with van der Waals surface area (Å²) in [5.41, 5.74) is 8.44. The van der Waals surface area contributed by atoms with Crippen LogP contribution in [0.4, 0.5) is 0 Å². The summed E-state index contributed by atoms with van der Waals surface area (Å²) in [7, 11) is 0. The number of aliphatic hydroxyl groups is 1. The number of fused-ring (bicyclic) bond motifs is 1. The molecule has 1 unspecified atom stereocenters. The number of nitrogens with two attached hydrogens (primary N) is 1. The number of carbonyl (C=O) groups is 1. The number of rotatable bonds is 6. The number of benzene rings is 1. The fourth-order valence-electron chi connectivity index (χ4n) is 3.05. The number of hydrogen-bond donors (Lipinski definition) is 5. The maximum atomic E-state index is 12.9. The van der Waals surface area contributed by atoms with Crippen LogP contribution >= 0.6 is 24.0 Å². The number of ether oxygens (including phenoxy) is 2. The molecule has 8 nitrogen and oxygen atoms in total. The minimum Gasteiger partial charge on any atom is -0.454 e. The number of hydrogen-bond acceptors (Lipinski definition) is 8. The molecule has 1 atom stereocenters. The van der Waals surface area contributed by atoms with E-state index in [1.807, 2.05) is 31.2 Å². The summed E-state index contributed by atoms with van der Waals surface area (Å²) < 4.78 is 10.8. The van der Waals surface area contributed by atoms with E-state index in [0.717, 1.165) is 16.1 Å². The lowest BCUT2D eigenvalue weighted by molar-refractivity contribution is 0.0910. The Labute approximate surface area is 176 Å². The van der Waals surface area contributed by atoms with Gasteiger partial charge >= 0.3 is 0 Å². The van der Waals surface area contributed by atoms with E-state index in [4.69, 9.17) is 15.2 Å². The average Bonchev–Trinajstić information content (AvgIpc) is 3.43. The SMILES string of the molecule is Cc1sc(C(CO)NC(=O)c2[nH]c(-c3ccc4c(c3)OCO4)cc2CN)nc1S. The molecule has 3 heterocycles. The van der Waals surface area contributed by atoms with Crippen molar-refractivity contribution in [1.29, 1.82) is 0 Å². The first-order chi connectivity index (χ1) is 14.0. The Bertz CT molecular complexity index is 1040. The number of aryl methyl sites for hydroxylation is 1. The number of thiazole rings is 1. The molecule has 1 aliphatic rings. The van der Waals surface area contributed by atoms with Crippen molar-refractivity contribution in [3.05, 3.63) is 45.4 Å². The summed E-state index contributed by atoms with van der Waals surface area (Å²) in [4.78, 5) is 21.3. The summed E-state index contributed by atoms with van der Waals surface area (Å²) in [6.07, 6.45) is 0. The van der Waals surface area contributed by atoms with E-state index < -0.39 is 6.04 Å². The molecule has 0 fully saturated rings. The summed E-state index contributed by atoms with van der Waals surface area (Å²) >= 11 is 5.66. The lowest BCUT2D eigenvalue weighted by Crippen LogP contribution is -2.31. The van der Waals surface area contributed by atoms with Crippen LogP contribution in [0.5, 0.6) is 11.5 Å². The van der Waals surface area contributed by atoms with Gasteiger partial charge in [0.05, 0.1) is 6.61 Å². The number of aromatic nitrogens is 2. The van der Waals surface area contributed by atoms with E-state index in [1.165, 1.54) is 11.3 Å². The molecule has 0 saturated carbocycles. The van der Waals surface area contributed by atoms with Gasteiger partial charge in [0.15, 0.2) is 11.5 Å². The Hall–Kier alpha value is -2.53. The second kappa shape index (κ2) is 8.07. The molecule has 0 spiro atoms. The van der Waals surface area contributed by atoms with Gasteiger partial charge in [-0.05, 0) is 36.8 Å². The summed E-state index contributed by atoms with van der Waals surface area (Å²) in [6, 6.07) is 6.75. The topological polar surface area (TPSA) is 122 Å². The Kier molecular flexibility index (Phi) is 5.50. The van der Waals surface area contributed by atoms with Gasteiger partial charge in [-0.2, -0.15) is 0 Å². The van der Waals surface area contributed by atoms with Crippen LogP contribution in [-0.2, 0) is 6.54 Å². The van der Waals surface area contributed by atoms with Crippen molar-refractivity contribution in [3.8, 4) is 22.8 Å². The lowest BCUT2D eigenvalue weighted by Gasteiger charge is -2.13. The largest absolute Gasteiger partial charge is 0.454 e. The molecular formula is C19H20N4O4S2. The number of nitrogens with one attached hydrogen (secondary N) is 2. The van der Waals surface area contributed by atoms with E-state index in [1.54, 1.807) is 0 Å². The number of carbonyl (C=O) groups excluding carboxylic acids is 1. The van der Waals surface area contributed by atoms with Gasteiger partial charge in [0.1, 0.15) is 21.8 Å². The predicted molar refractivity (Wildman–Crippen MR) is 112 cm³/mol. The van der Waals surface area contributed by atoms with Crippen LogP contribution in [0.25, 0.3) is 11.3 Å². The highest BCUT2D eigenvalue weighted by atomic mass is 32.1. The van der Waals surface area contributed by atoms with E-state index in [-0.39, 0.29) is 25.9 Å². The number of thiol groups is 1. The lowest BCUT2D eigenvalue weighted by atomic mass is 10.1. The average molecular weight is 433 g/mol. The fraction of sp³-hybridized carbons (Fsp3) is 0.263. The molecule has 0 saturated heterocycles. The predicted octanol–water partition coefficient (Wildman–Crippen LogP) is 2.39. The first kappa shape index (κ1) is 19.8. The number of aliphatic hydroxyl groups excluding tert-OH is 1. The third kappa shape index (κ3) is 3.84. The van der Waals surface area contributed by atoms with Gasteiger partial charge in [-0.1, -0.05) is 0 Å². The van der Waals surface area contributed by atoms with Crippen molar-refractivity contribution in [2.24, 2.45) is 5.73 Å². The Morgan fingerprint density at radius 3 is 2.90 bits per heavy atom. The molecule has 0 bridgehead atoms. The summed E-state index contributed by atoms with van der Waals surface area (Å²) in [6.45, 7) is 1.98. The third-order valence-electron chi connectivity index (χ3n) is 4.60. The van der Waals surface area contributed by atoms with Crippen molar-refractivity contribution in [1.82, 2.24) is 15.3 Å². The summed E-state index contributed by atoms with van der Waals surface area (Å²) in [5.74, 6) is 0.968. The highest BCUT2D eigenvalue weighted by Crippen LogP contribution is 2.36. The second-order valence-corrected chi connectivity index (χ2v) is 8.15. The van der Waals surface area contributed by atoms with E-state index in [0.29, 0.717) is 32.8 Å². The van der Waals surface area contributed by atoms with Crippen LogP contribution in [0.15, 0.2) is 29.3 Å². The van der Waals surface area contributed by atoms with Crippen molar-refractivity contribution in [2.45, 2.75) is 24.5 Å². The molecule has 4 rings (SSSR count). The molecule has 1 amide bonds. The Balaban J connectivity index is 1.59. The third-order valence-corrected chi connectivity index (χ3v) is 6.28. The van der Waals surface area contributed by atoms with Crippen LogP contribution in [0.1, 0.15) is 32.0 Å². The first-order valence-electron chi connectivity index (χ1n) is 8.90. The van der Waals surface area contributed by atoms with Crippen LogP contribution < -0.4 is 20.5 Å². The quantitative estimate of drug-likeness (QED) is 0.381. The van der Waals surface area contributed by atoms with Crippen LogP contribution in [0.2, 0.25) is 0 Å². The van der Waals surface area contributed by atoms with Crippen molar-refractivity contribution in [2.75, 3.05) is 13.4 Å². The van der Waals surface area contributed by atoms with Gasteiger partial charge in [-0.15, -0.1) is 24.0 Å². The molecule has 10 heteroatoms. The molecule has 152 valence electrons. The maximum absolute atomic E-state index is 12.9. The second-order valence-electron chi connectivity index (χ2n) is 6.50.